The molecule has 0 amide bonds. The van der Waals surface area contributed by atoms with Crippen molar-refractivity contribution in [1.29, 1.82) is 0 Å². The highest BCUT2D eigenvalue weighted by atomic mass is 16.3. The van der Waals surface area contributed by atoms with Crippen LogP contribution in [0.5, 0.6) is 0 Å². The van der Waals surface area contributed by atoms with Gasteiger partial charge in [0.15, 0.2) is 0 Å². The first-order valence-electron chi connectivity index (χ1n) is 4.12. The van der Waals surface area contributed by atoms with Crippen LogP contribution in [0.15, 0.2) is 25.3 Å². The number of nitrogens with one attached hydrogen (secondary N) is 2. The van der Waals surface area contributed by atoms with Crippen molar-refractivity contribution in [3.05, 3.63) is 25.3 Å². The van der Waals surface area contributed by atoms with Crippen molar-refractivity contribution in [3.63, 3.8) is 0 Å². The van der Waals surface area contributed by atoms with Gasteiger partial charge < -0.3 is 15.7 Å². The van der Waals surface area contributed by atoms with Gasteiger partial charge in [-0.1, -0.05) is 12.2 Å². The highest BCUT2D eigenvalue weighted by Crippen LogP contribution is 1.77. The zero-order valence-corrected chi connectivity index (χ0v) is 7.42. The van der Waals surface area contributed by atoms with E-state index in [1.165, 1.54) is 0 Å². The van der Waals surface area contributed by atoms with Crippen molar-refractivity contribution in [2.24, 2.45) is 0 Å². The standard InChI is InChI=1S/C9H18N2O/c1-3-5-10-7-9(12)8-11-6-4-2/h3-4,9-12H,1-2,5-8H2. The van der Waals surface area contributed by atoms with E-state index < -0.39 is 0 Å². The van der Waals surface area contributed by atoms with E-state index in [1.54, 1.807) is 12.2 Å². The fourth-order valence-corrected chi connectivity index (χ4v) is 0.776. The molecule has 0 atom stereocenters. The third-order valence-corrected chi connectivity index (χ3v) is 1.34. The molecule has 12 heavy (non-hydrogen) atoms. The minimum Gasteiger partial charge on any atom is -0.390 e. The molecule has 70 valence electrons. The molecule has 0 bridgehead atoms. The minimum atomic E-state index is -0.343. The Kier molecular flexibility index (Phi) is 8.01. The molecule has 0 aromatic carbocycles. The lowest BCUT2D eigenvalue weighted by molar-refractivity contribution is 0.171. The number of hydrogen-bond donors (Lipinski definition) is 3. The molecule has 0 spiro atoms. The molecule has 0 heterocycles. The molecule has 0 rings (SSSR count). The summed E-state index contributed by atoms with van der Waals surface area (Å²) in [6.07, 6.45) is 3.19. The van der Waals surface area contributed by atoms with Crippen LogP contribution in [-0.2, 0) is 0 Å². The van der Waals surface area contributed by atoms with E-state index in [2.05, 4.69) is 23.8 Å². The van der Waals surface area contributed by atoms with Gasteiger partial charge in [0.1, 0.15) is 0 Å². The van der Waals surface area contributed by atoms with Crippen LogP contribution in [0.25, 0.3) is 0 Å². The molecule has 3 N–H and O–H groups in total. The normalized spacial score (nSPS) is 10.2. The van der Waals surface area contributed by atoms with Crippen molar-refractivity contribution in [1.82, 2.24) is 10.6 Å². The Morgan fingerprint density at radius 1 is 1.08 bits per heavy atom. The first-order valence-corrected chi connectivity index (χ1v) is 4.12. The molecule has 0 aliphatic carbocycles. The van der Waals surface area contributed by atoms with E-state index in [9.17, 15) is 5.11 Å². The lowest BCUT2D eigenvalue weighted by Crippen LogP contribution is -2.35. The molecule has 0 saturated carbocycles. The summed E-state index contributed by atoms with van der Waals surface area (Å²) in [5.74, 6) is 0. The predicted molar refractivity (Wildman–Crippen MR) is 52.1 cm³/mol. The van der Waals surface area contributed by atoms with Crippen LogP contribution < -0.4 is 10.6 Å². The topological polar surface area (TPSA) is 44.3 Å². The van der Waals surface area contributed by atoms with E-state index in [0.717, 1.165) is 13.1 Å². The Bertz CT molecular complexity index is 112. The van der Waals surface area contributed by atoms with Crippen molar-refractivity contribution in [2.45, 2.75) is 6.10 Å². The molecule has 0 aromatic rings. The largest absolute Gasteiger partial charge is 0.390 e. The van der Waals surface area contributed by atoms with Gasteiger partial charge in [0, 0.05) is 26.2 Å². The minimum absolute atomic E-state index is 0.343. The van der Waals surface area contributed by atoms with Gasteiger partial charge in [-0.15, -0.1) is 13.2 Å². The van der Waals surface area contributed by atoms with Crippen molar-refractivity contribution in [3.8, 4) is 0 Å². The van der Waals surface area contributed by atoms with E-state index in [-0.39, 0.29) is 6.10 Å². The fourth-order valence-electron chi connectivity index (χ4n) is 0.776. The number of hydrogen-bond acceptors (Lipinski definition) is 3. The molecule has 0 aliphatic heterocycles. The van der Waals surface area contributed by atoms with Crippen LogP contribution in [0.2, 0.25) is 0 Å². The average Bonchev–Trinajstić information content (AvgIpc) is 2.06. The molecular weight excluding hydrogens is 152 g/mol. The Balaban J connectivity index is 3.14. The Hall–Kier alpha value is -0.640. The first kappa shape index (κ1) is 11.4. The van der Waals surface area contributed by atoms with Gasteiger partial charge in [-0.2, -0.15) is 0 Å². The van der Waals surface area contributed by atoms with Crippen LogP contribution in [0, 0.1) is 0 Å². The molecule has 0 aliphatic rings. The van der Waals surface area contributed by atoms with Gasteiger partial charge >= 0.3 is 0 Å². The molecule has 0 aromatic heterocycles. The molecule has 0 saturated heterocycles. The van der Waals surface area contributed by atoms with Crippen LogP contribution in [0.4, 0.5) is 0 Å². The molecule has 3 heteroatoms. The summed E-state index contributed by atoms with van der Waals surface area (Å²) in [6, 6.07) is 0. The van der Waals surface area contributed by atoms with Crippen LogP contribution in [0.3, 0.4) is 0 Å². The predicted octanol–water partition coefficient (Wildman–Crippen LogP) is -0.102. The summed E-state index contributed by atoms with van der Waals surface area (Å²) in [6.45, 7) is 9.78. The van der Waals surface area contributed by atoms with Crippen LogP contribution in [0.1, 0.15) is 0 Å². The van der Waals surface area contributed by atoms with E-state index in [4.69, 9.17) is 0 Å². The maximum atomic E-state index is 9.31. The zero-order valence-electron chi connectivity index (χ0n) is 7.42. The molecule has 3 nitrogen and oxygen atoms in total. The maximum Gasteiger partial charge on any atom is 0.0788 e. The molecule has 0 fully saturated rings. The van der Waals surface area contributed by atoms with Crippen molar-refractivity contribution < 1.29 is 5.11 Å². The monoisotopic (exact) mass is 170 g/mol. The van der Waals surface area contributed by atoms with Gasteiger partial charge in [0.25, 0.3) is 0 Å². The lowest BCUT2D eigenvalue weighted by Gasteiger charge is -2.10. The van der Waals surface area contributed by atoms with Gasteiger partial charge in [-0.3, -0.25) is 0 Å². The Labute approximate surface area is 74.2 Å². The second-order valence-electron chi connectivity index (χ2n) is 2.55. The van der Waals surface area contributed by atoms with Crippen molar-refractivity contribution in [2.75, 3.05) is 26.2 Å². The fraction of sp³-hybridized carbons (Fsp3) is 0.556. The molecule has 0 unspecified atom stereocenters. The third kappa shape index (κ3) is 7.47. The number of aliphatic hydroxyl groups excluding tert-OH is 1. The lowest BCUT2D eigenvalue weighted by atomic mass is 10.3. The SMILES string of the molecule is C=CCNCC(O)CNCC=C. The summed E-state index contributed by atoms with van der Waals surface area (Å²) in [4.78, 5) is 0. The van der Waals surface area contributed by atoms with Crippen LogP contribution >= 0.6 is 0 Å². The second kappa shape index (κ2) is 8.46. The average molecular weight is 170 g/mol. The summed E-state index contributed by atoms with van der Waals surface area (Å²) in [7, 11) is 0. The summed E-state index contributed by atoms with van der Waals surface area (Å²) >= 11 is 0. The highest BCUT2D eigenvalue weighted by molar-refractivity contribution is 4.74. The maximum absolute atomic E-state index is 9.31. The van der Waals surface area contributed by atoms with E-state index >= 15 is 0 Å². The highest BCUT2D eigenvalue weighted by Gasteiger charge is 1.99. The van der Waals surface area contributed by atoms with Gasteiger partial charge in [-0.25, -0.2) is 0 Å². The third-order valence-electron chi connectivity index (χ3n) is 1.34. The van der Waals surface area contributed by atoms with Gasteiger partial charge in [-0.05, 0) is 0 Å². The van der Waals surface area contributed by atoms with Gasteiger partial charge in [0.2, 0.25) is 0 Å². The van der Waals surface area contributed by atoms with Crippen LogP contribution in [-0.4, -0.2) is 37.4 Å². The van der Waals surface area contributed by atoms with Gasteiger partial charge in [0.05, 0.1) is 6.10 Å². The van der Waals surface area contributed by atoms with Crippen molar-refractivity contribution >= 4 is 0 Å². The summed E-state index contributed by atoms with van der Waals surface area (Å²) < 4.78 is 0. The second-order valence-corrected chi connectivity index (χ2v) is 2.55. The Morgan fingerprint density at radius 2 is 1.50 bits per heavy atom. The molecule has 0 radical (unpaired) electrons. The summed E-state index contributed by atoms with van der Waals surface area (Å²) in [5.41, 5.74) is 0. The smallest absolute Gasteiger partial charge is 0.0788 e. The number of aliphatic hydroxyl groups is 1. The van der Waals surface area contributed by atoms with E-state index in [1.807, 2.05) is 0 Å². The Morgan fingerprint density at radius 3 is 1.83 bits per heavy atom. The first-order chi connectivity index (χ1) is 5.81. The van der Waals surface area contributed by atoms with E-state index in [0.29, 0.717) is 13.1 Å². The quantitative estimate of drug-likeness (QED) is 0.352. The number of rotatable bonds is 8. The summed E-state index contributed by atoms with van der Waals surface area (Å²) in [5, 5.41) is 15.4. The zero-order chi connectivity index (χ0) is 9.23. The molecular formula is C9H18N2O.